The van der Waals surface area contributed by atoms with Crippen LogP contribution in [-0.4, -0.2) is 15.8 Å². The zero-order chi connectivity index (χ0) is 14.8. The lowest BCUT2D eigenvalue weighted by Crippen LogP contribution is -2.15. The zero-order valence-electron chi connectivity index (χ0n) is 11.1. The van der Waals surface area contributed by atoms with Crippen LogP contribution in [0.15, 0.2) is 48.7 Å². The third-order valence-electron chi connectivity index (χ3n) is 3.56. The second-order valence-electron chi connectivity index (χ2n) is 5.01. The highest BCUT2D eigenvalue weighted by molar-refractivity contribution is 5.94. The van der Waals surface area contributed by atoms with Gasteiger partial charge in [0.25, 0.3) is 5.69 Å². The molecule has 1 heterocycles. The molecular weight excluding hydrogens is 270 g/mol. The van der Waals surface area contributed by atoms with Crippen molar-refractivity contribution in [3.63, 3.8) is 0 Å². The number of benzene rings is 1. The van der Waals surface area contributed by atoms with Crippen molar-refractivity contribution in [1.82, 2.24) is 4.98 Å². The van der Waals surface area contributed by atoms with Crippen LogP contribution in [0.1, 0.15) is 17.9 Å². The van der Waals surface area contributed by atoms with E-state index in [2.05, 4.69) is 10.3 Å². The molecule has 1 amide bonds. The maximum absolute atomic E-state index is 12.1. The SMILES string of the molecule is O=C(Nc1ccc([N+](=O)[O-])cn1)C1CC1c1ccccc1. The van der Waals surface area contributed by atoms with Crippen molar-refractivity contribution in [3.05, 3.63) is 64.3 Å². The first-order valence-electron chi connectivity index (χ1n) is 6.61. The Morgan fingerprint density at radius 3 is 2.62 bits per heavy atom. The Labute approximate surface area is 121 Å². The van der Waals surface area contributed by atoms with Gasteiger partial charge in [-0.25, -0.2) is 4.98 Å². The number of carbonyl (C=O) groups excluding carboxylic acids is 1. The van der Waals surface area contributed by atoms with Crippen LogP contribution >= 0.6 is 0 Å². The lowest BCUT2D eigenvalue weighted by molar-refractivity contribution is -0.385. The second-order valence-corrected chi connectivity index (χ2v) is 5.01. The molecular formula is C15H13N3O3. The fourth-order valence-electron chi connectivity index (χ4n) is 2.34. The predicted molar refractivity (Wildman–Crippen MR) is 76.8 cm³/mol. The lowest BCUT2D eigenvalue weighted by Gasteiger charge is -2.04. The fraction of sp³-hybridized carbons (Fsp3) is 0.200. The number of carbonyl (C=O) groups is 1. The average Bonchev–Trinajstić information content (AvgIpc) is 3.29. The first-order chi connectivity index (χ1) is 10.1. The van der Waals surface area contributed by atoms with Crippen LogP contribution in [-0.2, 0) is 4.79 Å². The van der Waals surface area contributed by atoms with Gasteiger partial charge in [0.15, 0.2) is 0 Å². The summed E-state index contributed by atoms with van der Waals surface area (Å²) in [5, 5.41) is 13.2. The Morgan fingerprint density at radius 2 is 2.00 bits per heavy atom. The summed E-state index contributed by atoms with van der Waals surface area (Å²) in [7, 11) is 0. The number of anilines is 1. The van der Waals surface area contributed by atoms with Crippen LogP contribution in [0.2, 0.25) is 0 Å². The Balaban J connectivity index is 1.62. The third kappa shape index (κ3) is 2.89. The van der Waals surface area contributed by atoms with Crippen molar-refractivity contribution in [2.24, 2.45) is 5.92 Å². The van der Waals surface area contributed by atoms with Gasteiger partial charge < -0.3 is 5.32 Å². The summed E-state index contributed by atoms with van der Waals surface area (Å²) < 4.78 is 0. The molecule has 2 unspecified atom stereocenters. The molecule has 1 fully saturated rings. The Bertz CT molecular complexity index is 670. The maximum atomic E-state index is 12.1. The predicted octanol–water partition coefficient (Wildman–Crippen LogP) is 2.73. The smallest absolute Gasteiger partial charge is 0.287 e. The zero-order valence-corrected chi connectivity index (χ0v) is 11.1. The number of nitrogens with zero attached hydrogens (tertiary/aromatic N) is 2. The van der Waals surface area contributed by atoms with E-state index in [1.807, 2.05) is 30.3 Å². The number of nitro groups is 1. The number of hydrogen-bond donors (Lipinski definition) is 1. The Kier molecular flexibility index (Phi) is 3.35. The highest BCUT2D eigenvalue weighted by Crippen LogP contribution is 2.47. The van der Waals surface area contributed by atoms with Gasteiger partial charge in [-0.1, -0.05) is 30.3 Å². The molecule has 3 rings (SSSR count). The van der Waals surface area contributed by atoms with Gasteiger partial charge in [0.1, 0.15) is 12.0 Å². The largest absolute Gasteiger partial charge is 0.310 e. The monoisotopic (exact) mass is 283 g/mol. The van der Waals surface area contributed by atoms with Crippen molar-refractivity contribution < 1.29 is 9.72 Å². The summed E-state index contributed by atoms with van der Waals surface area (Å²) in [6.07, 6.45) is 1.96. The van der Waals surface area contributed by atoms with Crippen molar-refractivity contribution in [1.29, 1.82) is 0 Å². The molecule has 0 radical (unpaired) electrons. The molecule has 0 bridgehead atoms. The number of aromatic nitrogens is 1. The van der Waals surface area contributed by atoms with Gasteiger partial charge in [0, 0.05) is 12.0 Å². The molecule has 1 saturated carbocycles. The van der Waals surface area contributed by atoms with Crippen molar-refractivity contribution in [2.75, 3.05) is 5.32 Å². The molecule has 2 atom stereocenters. The van der Waals surface area contributed by atoms with Gasteiger partial charge in [0.2, 0.25) is 5.91 Å². The van der Waals surface area contributed by atoms with E-state index in [0.717, 1.165) is 18.2 Å². The number of nitrogens with one attached hydrogen (secondary N) is 1. The van der Waals surface area contributed by atoms with Crippen LogP contribution in [0.3, 0.4) is 0 Å². The van der Waals surface area contributed by atoms with Crippen molar-refractivity contribution in [2.45, 2.75) is 12.3 Å². The minimum Gasteiger partial charge on any atom is -0.310 e. The molecule has 106 valence electrons. The molecule has 0 saturated heterocycles. The lowest BCUT2D eigenvalue weighted by atomic mass is 10.1. The first kappa shape index (κ1) is 13.2. The molecule has 0 aliphatic heterocycles. The van der Waals surface area contributed by atoms with Gasteiger partial charge in [0.05, 0.1) is 4.92 Å². The standard InChI is InChI=1S/C15H13N3O3/c19-15(13-8-12(13)10-4-2-1-3-5-10)17-14-7-6-11(9-16-14)18(20)21/h1-7,9,12-13H,8H2,(H,16,17,19). The van der Waals surface area contributed by atoms with E-state index in [1.165, 1.54) is 12.1 Å². The normalized spacial score (nSPS) is 19.8. The summed E-state index contributed by atoms with van der Waals surface area (Å²) in [5.41, 5.74) is 1.07. The van der Waals surface area contributed by atoms with Gasteiger partial charge in [-0.15, -0.1) is 0 Å². The molecule has 1 aliphatic carbocycles. The van der Waals surface area contributed by atoms with Gasteiger partial charge >= 0.3 is 0 Å². The molecule has 1 aromatic heterocycles. The quantitative estimate of drug-likeness (QED) is 0.690. The topological polar surface area (TPSA) is 85.1 Å². The van der Waals surface area contributed by atoms with E-state index in [4.69, 9.17) is 0 Å². The van der Waals surface area contributed by atoms with Crippen LogP contribution in [0, 0.1) is 16.0 Å². The molecule has 1 aliphatic rings. The molecule has 21 heavy (non-hydrogen) atoms. The number of pyridine rings is 1. The average molecular weight is 283 g/mol. The van der Waals surface area contributed by atoms with Gasteiger partial charge in [-0.3, -0.25) is 14.9 Å². The van der Waals surface area contributed by atoms with Crippen LogP contribution in [0.4, 0.5) is 11.5 Å². The van der Waals surface area contributed by atoms with E-state index in [-0.39, 0.29) is 23.4 Å². The minimum atomic E-state index is -0.523. The highest BCUT2D eigenvalue weighted by atomic mass is 16.6. The summed E-state index contributed by atoms with van der Waals surface area (Å²) in [4.78, 5) is 26.0. The van der Waals surface area contributed by atoms with Crippen LogP contribution < -0.4 is 5.32 Å². The first-order valence-corrected chi connectivity index (χ1v) is 6.61. The van der Waals surface area contributed by atoms with Gasteiger partial charge in [-0.05, 0) is 24.0 Å². The Hall–Kier alpha value is -2.76. The molecule has 1 N–H and O–H groups in total. The third-order valence-corrected chi connectivity index (χ3v) is 3.56. The van der Waals surface area contributed by atoms with Crippen molar-refractivity contribution in [3.8, 4) is 0 Å². The van der Waals surface area contributed by atoms with Crippen LogP contribution in [0.25, 0.3) is 0 Å². The summed E-state index contributed by atoms with van der Waals surface area (Å²) in [5.74, 6) is 0.447. The second kappa shape index (κ2) is 5.32. The fourth-order valence-corrected chi connectivity index (χ4v) is 2.34. The summed E-state index contributed by atoms with van der Waals surface area (Å²) >= 11 is 0. The van der Waals surface area contributed by atoms with E-state index >= 15 is 0 Å². The molecule has 6 nitrogen and oxygen atoms in total. The summed E-state index contributed by atoms with van der Waals surface area (Å²) in [6, 6.07) is 12.7. The highest BCUT2D eigenvalue weighted by Gasteiger charge is 2.43. The van der Waals surface area contributed by atoms with E-state index < -0.39 is 4.92 Å². The van der Waals surface area contributed by atoms with Crippen LogP contribution in [0.5, 0.6) is 0 Å². The van der Waals surface area contributed by atoms with E-state index in [1.54, 1.807) is 0 Å². The van der Waals surface area contributed by atoms with Gasteiger partial charge in [-0.2, -0.15) is 0 Å². The molecule has 1 aromatic carbocycles. The maximum Gasteiger partial charge on any atom is 0.287 e. The number of rotatable bonds is 4. The number of hydrogen-bond acceptors (Lipinski definition) is 4. The molecule has 0 spiro atoms. The number of amides is 1. The molecule has 2 aromatic rings. The Morgan fingerprint density at radius 1 is 1.24 bits per heavy atom. The summed E-state index contributed by atoms with van der Waals surface area (Å²) in [6.45, 7) is 0. The van der Waals surface area contributed by atoms with E-state index in [9.17, 15) is 14.9 Å². The molecule has 6 heteroatoms. The minimum absolute atomic E-state index is 0.0515. The van der Waals surface area contributed by atoms with E-state index in [0.29, 0.717) is 5.82 Å². The van der Waals surface area contributed by atoms with Crippen molar-refractivity contribution >= 4 is 17.4 Å².